The second-order valence-corrected chi connectivity index (χ2v) is 6.37. The van der Waals surface area contributed by atoms with Crippen molar-refractivity contribution in [2.75, 3.05) is 0 Å². The van der Waals surface area contributed by atoms with Crippen LogP contribution in [0.2, 0.25) is 0 Å². The number of carbonyl (C=O) groups is 2. The maximum Gasteiger partial charge on any atom is 1.00 e. The number of hydrogen-bond donors (Lipinski definition) is 0. The standard InChI is InChI=1S/C17H17NO4.Na/c1-17(2,3)13-12(16(20)21)18-14(19)11(15(18)22-13)9-10-7-5-4-6-8-10;/h4-9,15H,1-3H3,(H,20,21);/q;+1/p-1/b11-9+;. The molecule has 3 rings (SSSR count). The van der Waals surface area contributed by atoms with Gasteiger partial charge in [0.25, 0.3) is 5.91 Å². The number of aliphatic carboxylic acids is 1. The molecule has 1 amide bonds. The molecule has 23 heavy (non-hydrogen) atoms. The molecule has 1 aromatic carbocycles. The largest absolute Gasteiger partial charge is 1.00 e. The van der Waals surface area contributed by atoms with Gasteiger partial charge < -0.3 is 14.6 Å². The SMILES string of the molecule is CC(C)(C)C1=C(C(=O)[O-])N2C(=O)/C(=C\c3ccccc3)C2O1.[Na+]. The van der Waals surface area contributed by atoms with E-state index in [-0.39, 0.29) is 46.9 Å². The minimum absolute atomic E-state index is 0. The minimum atomic E-state index is -1.39. The number of nitrogens with zero attached hydrogens (tertiary/aromatic N) is 1. The Hall–Kier alpha value is -1.56. The van der Waals surface area contributed by atoms with E-state index in [4.69, 9.17) is 4.74 Å². The zero-order valence-corrected chi connectivity index (χ0v) is 15.6. The van der Waals surface area contributed by atoms with Gasteiger partial charge in [-0.25, -0.2) is 0 Å². The summed E-state index contributed by atoms with van der Waals surface area (Å²) >= 11 is 0. The third kappa shape index (κ3) is 2.96. The van der Waals surface area contributed by atoms with Crippen LogP contribution in [0.1, 0.15) is 26.3 Å². The molecule has 1 atom stereocenters. The first kappa shape index (κ1) is 17.8. The summed E-state index contributed by atoms with van der Waals surface area (Å²) in [5.41, 5.74) is 0.635. The summed E-state index contributed by atoms with van der Waals surface area (Å²) in [6.45, 7) is 5.51. The summed E-state index contributed by atoms with van der Waals surface area (Å²) in [6.07, 6.45) is 1.05. The molecule has 0 bridgehead atoms. The summed E-state index contributed by atoms with van der Waals surface area (Å²) in [6, 6.07) is 9.37. The molecule has 2 aliphatic heterocycles. The monoisotopic (exact) mass is 321 g/mol. The summed E-state index contributed by atoms with van der Waals surface area (Å²) < 4.78 is 5.75. The molecule has 1 fully saturated rings. The molecule has 0 aromatic heterocycles. The Morgan fingerprint density at radius 1 is 1.26 bits per heavy atom. The van der Waals surface area contributed by atoms with Gasteiger partial charge in [0.2, 0.25) is 6.23 Å². The molecule has 0 radical (unpaired) electrons. The van der Waals surface area contributed by atoms with Crippen LogP contribution in [-0.2, 0) is 14.3 Å². The van der Waals surface area contributed by atoms with Crippen molar-refractivity contribution in [1.29, 1.82) is 0 Å². The van der Waals surface area contributed by atoms with E-state index in [1.807, 2.05) is 51.1 Å². The minimum Gasteiger partial charge on any atom is -0.543 e. The van der Waals surface area contributed by atoms with E-state index in [1.165, 1.54) is 0 Å². The molecule has 6 heteroatoms. The Morgan fingerprint density at radius 3 is 2.39 bits per heavy atom. The Bertz CT molecular complexity index is 716. The van der Waals surface area contributed by atoms with Crippen LogP contribution in [0.4, 0.5) is 0 Å². The van der Waals surface area contributed by atoms with Gasteiger partial charge in [-0.15, -0.1) is 0 Å². The van der Waals surface area contributed by atoms with Crippen molar-refractivity contribution < 1.29 is 49.0 Å². The van der Waals surface area contributed by atoms with Gasteiger partial charge in [0.1, 0.15) is 11.5 Å². The Kier molecular flexibility index (Phi) is 4.76. The fourth-order valence-corrected chi connectivity index (χ4v) is 2.62. The predicted octanol–water partition coefficient (Wildman–Crippen LogP) is -1.72. The first-order valence-corrected chi connectivity index (χ1v) is 7.03. The van der Waals surface area contributed by atoms with Gasteiger partial charge in [-0.3, -0.25) is 9.69 Å². The van der Waals surface area contributed by atoms with Crippen LogP contribution in [0.5, 0.6) is 0 Å². The number of fused-ring (bicyclic) bond motifs is 1. The first-order valence-electron chi connectivity index (χ1n) is 7.03. The van der Waals surface area contributed by atoms with Crippen LogP contribution < -0.4 is 34.7 Å². The van der Waals surface area contributed by atoms with Crippen LogP contribution in [0, 0.1) is 5.41 Å². The Balaban J connectivity index is 0.00000192. The Morgan fingerprint density at radius 2 is 1.87 bits per heavy atom. The number of carboxylic acids is 1. The van der Waals surface area contributed by atoms with Crippen LogP contribution >= 0.6 is 0 Å². The van der Waals surface area contributed by atoms with Gasteiger partial charge in [-0.2, -0.15) is 0 Å². The second kappa shape index (κ2) is 6.15. The van der Waals surface area contributed by atoms with Crippen LogP contribution in [-0.4, -0.2) is 23.0 Å². The average Bonchev–Trinajstić information content (AvgIpc) is 2.82. The maximum atomic E-state index is 12.3. The van der Waals surface area contributed by atoms with E-state index in [0.717, 1.165) is 10.5 Å². The van der Waals surface area contributed by atoms with E-state index in [0.29, 0.717) is 5.57 Å². The first-order chi connectivity index (χ1) is 10.3. The third-order valence-corrected chi connectivity index (χ3v) is 3.65. The van der Waals surface area contributed by atoms with E-state index in [9.17, 15) is 14.7 Å². The molecule has 1 saturated heterocycles. The number of β-lactam (4-membered cyclic amide) rings is 1. The summed E-state index contributed by atoms with van der Waals surface area (Å²) in [5, 5.41) is 11.4. The predicted molar refractivity (Wildman–Crippen MR) is 77.6 cm³/mol. The topological polar surface area (TPSA) is 69.7 Å². The van der Waals surface area contributed by atoms with E-state index in [2.05, 4.69) is 0 Å². The normalized spacial score (nSPS) is 21.5. The number of allylic oxidation sites excluding steroid dienone is 1. The molecule has 1 aromatic rings. The molecular formula is C17H16NNaO4. The van der Waals surface area contributed by atoms with E-state index < -0.39 is 17.6 Å². The molecule has 5 nitrogen and oxygen atoms in total. The number of ether oxygens (including phenoxy) is 1. The number of hydrogen-bond acceptors (Lipinski definition) is 4. The van der Waals surface area contributed by atoms with Gasteiger partial charge in [0, 0.05) is 5.41 Å². The van der Waals surface area contributed by atoms with Crippen molar-refractivity contribution in [2.45, 2.75) is 27.0 Å². The van der Waals surface area contributed by atoms with E-state index >= 15 is 0 Å². The molecule has 0 spiro atoms. The molecule has 0 N–H and O–H groups in total. The van der Waals surface area contributed by atoms with Crippen LogP contribution in [0.25, 0.3) is 6.08 Å². The smallest absolute Gasteiger partial charge is 0.543 e. The summed E-state index contributed by atoms with van der Waals surface area (Å²) in [4.78, 5) is 24.8. The van der Waals surface area contributed by atoms with Gasteiger partial charge >= 0.3 is 29.6 Å². The van der Waals surface area contributed by atoms with Gasteiger partial charge in [-0.05, 0) is 11.6 Å². The fourth-order valence-electron chi connectivity index (χ4n) is 2.62. The van der Waals surface area contributed by atoms with Crippen molar-refractivity contribution in [3.05, 3.63) is 52.9 Å². The number of carbonyl (C=O) groups excluding carboxylic acids is 2. The molecule has 1 unspecified atom stereocenters. The number of amides is 1. The average molecular weight is 321 g/mol. The molecule has 114 valence electrons. The number of carboxylic acid groups (broad SMARTS) is 1. The van der Waals surface area contributed by atoms with Crippen molar-refractivity contribution in [3.63, 3.8) is 0 Å². The maximum absolute atomic E-state index is 12.3. The molecule has 2 heterocycles. The zero-order chi connectivity index (χ0) is 16.1. The molecule has 0 aliphatic carbocycles. The van der Waals surface area contributed by atoms with Crippen LogP contribution in [0.15, 0.2) is 47.4 Å². The molecule has 2 aliphatic rings. The van der Waals surface area contributed by atoms with Crippen molar-refractivity contribution in [1.82, 2.24) is 4.90 Å². The van der Waals surface area contributed by atoms with Crippen molar-refractivity contribution >= 4 is 18.0 Å². The summed E-state index contributed by atoms with van der Waals surface area (Å²) in [7, 11) is 0. The van der Waals surface area contributed by atoms with Crippen molar-refractivity contribution in [2.24, 2.45) is 5.41 Å². The van der Waals surface area contributed by atoms with Gasteiger partial charge in [0.05, 0.1) is 11.5 Å². The zero-order valence-electron chi connectivity index (χ0n) is 13.6. The fraction of sp³-hybridized carbons (Fsp3) is 0.294. The molecule has 0 saturated carbocycles. The van der Waals surface area contributed by atoms with Gasteiger partial charge in [0.15, 0.2) is 0 Å². The van der Waals surface area contributed by atoms with Gasteiger partial charge in [-0.1, -0.05) is 51.1 Å². The summed E-state index contributed by atoms with van der Waals surface area (Å²) in [5.74, 6) is -1.46. The van der Waals surface area contributed by atoms with E-state index in [1.54, 1.807) is 6.08 Å². The van der Waals surface area contributed by atoms with Crippen molar-refractivity contribution in [3.8, 4) is 0 Å². The quantitative estimate of drug-likeness (QED) is 0.369. The third-order valence-electron chi connectivity index (χ3n) is 3.65. The number of benzene rings is 1. The number of rotatable bonds is 2. The second-order valence-electron chi connectivity index (χ2n) is 6.37. The molecular weight excluding hydrogens is 305 g/mol. The van der Waals surface area contributed by atoms with Crippen LogP contribution in [0.3, 0.4) is 0 Å². The Labute approximate surface area is 156 Å².